The van der Waals surface area contributed by atoms with E-state index in [1.165, 1.54) is 38.6 Å². The van der Waals surface area contributed by atoms with Crippen molar-refractivity contribution in [3.8, 4) is 146 Å². The molecule has 19 aromatic rings. The van der Waals surface area contributed by atoms with Gasteiger partial charge in [0.2, 0.25) is 0 Å². The average Bonchev–Trinajstić information content (AvgIpc) is 1.56. The van der Waals surface area contributed by atoms with E-state index in [2.05, 4.69) is 267 Å². The Hall–Kier alpha value is -13.8. The van der Waals surface area contributed by atoms with Gasteiger partial charge in [-0.05, 0) is 131 Å². The third-order valence-corrected chi connectivity index (χ3v) is 19.4. The van der Waals surface area contributed by atoms with Gasteiger partial charge in [0, 0.05) is 43.8 Å². The van der Waals surface area contributed by atoms with E-state index in [0.717, 1.165) is 116 Å². The summed E-state index contributed by atoms with van der Waals surface area (Å²) >= 11 is 0. The standard InChI is InChI=1S/C94H58N6O2/c1-4-20-59(21-5-1)60-42-44-61(45-43-60)62-46-48-63(49-47-62)69-27-14-31-73(56-69)91-96-92(100-93(99-91)81-38-17-36-79-78-34-12-13-40-83(78)101-87(79)81)74-32-16-29-71(58-74)76-35-19-41-84-86(76)80-37-18-39-82(88(80)102-84)94-97-89(68-25-8-3-9-26-68)95-90(98-94)72-30-15-28-70(57-72)64-50-52-67(53-51-64)85-75-33-11-10-24-66(75)54-55-77(85)65-22-6-2-7-23-65/h1-58H. The molecule has 8 heteroatoms. The Bertz CT molecular complexity index is 6410. The summed E-state index contributed by atoms with van der Waals surface area (Å²) in [6.07, 6.45) is 0. The van der Waals surface area contributed by atoms with Crippen molar-refractivity contribution in [1.82, 2.24) is 29.9 Å². The van der Waals surface area contributed by atoms with Gasteiger partial charge in [0.25, 0.3) is 0 Å². The van der Waals surface area contributed by atoms with Gasteiger partial charge < -0.3 is 8.83 Å². The van der Waals surface area contributed by atoms with Crippen molar-refractivity contribution in [2.45, 2.75) is 0 Å². The normalized spacial score (nSPS) is 11.5. The highest BCUT2D eigenvalue weighted by atomic mass is 16.3. The molecule has 0 fully saturated rings. The molecule has 0 atom stereocenters. The van der Waals surface area contributed by atoms with Gasteiger partial charge in [0.05, 0.1) is 11.1 Å². The van der Waals surface area contributed by atoms with Gasteiger partial charge in [-0.1, -0.05) is 309 Å². The number of nitrogens with zero attached hydrogens (tertiary/aromatic N) is 6. The molecule has 0 saturated carbocycles. The molecule has 8 nitrogen and oxygen atoms in total. The van der Waals surface area contributed by atoms with Crippen LogP contribution in [-0.2, 0) is 0 Å². The third kappa shape index (κ3) is 10.9. The maximum Gasteiger partial charge on any atom is 0.167 e. The van der Waals surface area contributed by atoms with E-state index < -0.39 is 0 Å². The maximum absolute atomic E-state index is 7.01. The number of hydrogen-bond acceptors (Lipinski definition) is 8. The zero-order chi connectivity index (χ0) is 67.5. The topological polar surface area (TPSA) is 104 Å². The first-order valence-electron chi connectivity index (χ1n) is 34.2. The average molecular weight is 1300 g/mol. The van der Waals surface area contributed by atoms with Crippen molar-refractivity contribution in [2.24, 2.45) is 0 Å². The number of fused-ring (bicyclic) bond motifs is 7. The van der Waals surface area contributed by atoms with Gasteiger partial charge in [-0.3, -0.25) is 0 Å². The fraction of sp³-hybridized carbons (Fsp3) is 0. The maximum atomic E-state index is 7.01. The summed E-state index contributed by atoms with van der Waals surface area (Å²) in [6, 6.07) is 123. The largest absolute Gasteiger partial charge is 0.455 e. The number of rotatable bonds is 13. The number of benzene rings is 15. The second-order valence-electron chi connectivity index (χ2n) is 25.6. The van der Waals surface area contributed by atoms with Crippen molar-refractivity contribution in [2.75, 3.05) is 0 Å². The molecule has 0 unspecified atom stereocenters. The van der Waals surface area contributed by atoms with Gasteiger partial charge in [0.15, 0.2) is 34.9 Å². The molecule has 19 rings (SSSR count). The molecule has 476 valence electrons. The molecule has 0 N–H and O–H groups in total. The highest BCUT2D eigenvalue weighted by Gasteiger charge is 2.23. The van der Waals surface area contributed by atoms with Gasteiger partial charge in [-0.2, -0.15) is 0 Å². The molecule has 0 aliphatic rings. The van der Waals surface area contributed by atoms with Crippen LogP contribution in [0.1, 0.15) is 0 Å². The Morgan fingerprint density at radius 1 is 0.176 bits per heavy atom. The number of furan rings is 2. The van der Waals surface area contributed by atoms with Crippen LogP contribution in [0.3, 0.4) is 0 Å². The van der Waals surface area contributed by atoms with Crippen molar-refractivity contribution in [3.05, 3.63) is 352 Å². The molecule has 0 amide bonds. The second kappa shape index (κ2) is 25.2. The summed E-state index contributed by atoms with van der Waals surface area (Å²) < 4.78 is 13.7. The molecule has 0 aliphatic carbocycles. The molecular formula is C94H58N6O2. The van der Waals surface area contributed by atoms with Crippen molar-refractivity contribution in [3.63, 3.8) is 0 Å². The highest BCUT2D eigenvalue weighted by Crippen LogP contribution is 2.44. The van der Waals surface area contributed by atoms with E-state index in [0.29, 0.717) is 46.1 Å². The van der Waals surface area contributed by atoms with Gasteiger partial charge in [0.1, 0.15) is 22.3 Å². The molecule has 0 saturated heterocycles. The number of hydrogen-bond donors (Lipinski definition) is 0. The Balaban J connectivity index is 0.680. The van der Waals surface area contributed by atoms with Crippen LogP contribution in [0.5, 0.6) is 0 Å². The smallest absolute Gasteiger partial charge is 0.167 e. The third-order valence-electron chi connectivity index (χ3n) is 19.4. The summed E-state index contributed by atoms with van der Waals surface area (Å²) in [5.41, 5.74) is 23.4. The van der Waals surface area contributed by atoms with Crippen LogP contribution in [0.4, 0.5) is 0 Å². The fourth-order valence-corrected chi connectivity index (χ4v) is 14.4. The van der Waals surface area contributed by atoms with Crippen LogP contribution in [0.15, 0.2) is 361 Å². The molecular weight excluding hydrogens is 1250 g/mol. The second-order valence-corrected chi connectivity index (χ2v) is 25.6. The zero-order valence-corrected chi connectivity index (χ0v) is 55.0. The van der Waals surface area contributed by atoms with Gasteiger partial charge >= 0.3 is 0 Å². The summed E-state index contributed by atoms with van der Waals surface area (Å²) in [6.45, 7) is 0. The first-order chi connectivity index (χ1) is 50.5. The lowest BCUT2D eigenvalue weighted by molar-refractivity contribution is 0.669. The molecule has 4 aromatic heterocycles. The quantitative estimate of drug-likeness (QED) is 0.112. The van der Waals surface area contributed by atoms with Crippen LogP contribution in [0.2, 0.25) is 0 Å². The van der Waals surface area contributed by atoms with Crippen molar-refractivity contribution in [1.29, 1.82) is 0 Å². The molecule has 0 aliphatic heterocycles. The van der Waals surface area contributed by atoms with Gasteiger partial charge in [-0.25, -0.2) is 29.9 Å². The first kappa shape index (κ1) is 59.4. The first-order valence-corrected chi connectivity index (χ1v) is 34.2. The lowest BCUT2D eigenvalue weighted by Gasteiger charge is -2.15. The minimum atomic E-state index is 0.496. The van der Waals surface area contributed by atoms with Gasteiger partial charge in [-0.15, -0.1) is 0 Å². The van der Waals surface area contributed by atoms with E-state index in [9.17, 15) is 0 Å². The monoisotopic (exact) mass is 1300 g/mol. The summed E-state index contributed by atoms with van der Waals surface area (Å²) in [5.74, 6) is 3.15. The Morgan fingerprint density at radius 3 is 1.11 bits per heavy atom. The Morgan fingerprint density at radius 2 is 0.529 bits per heavy atom. The molecule has 102 heavy (non-hydrogen) atoms. The van der Waals surface area contributed by atoms with Crippen LogP contribution < -0.4 is 0 Å². The van der Waals surface area contributed by atoms with E-state index in [4.69, 9.17) is 38.7 Å². The minimum absolute atomic E-state index is 0.496. The Kier molecular flexibility index (Phi) is 14.7. The SMILES string of the molecule is c1ccc(-c2ccc(-c3ccc(-c4cccc(-c5nc(-c6cccc(-c7cccc8oc9c(-c%10nc(-c%11ccccc%11)nc(-c%11cccc(-c%12ccc(-c%13c(-c%14ccccc%14)ccc%14ccccc%13%14)cc%12)c%11)n%10)cccc9c78)c6)nc(-c6cccc7c6oc6ccccc67)n5)c4)cc3)cc2)cc1. The van der Waals surface area contributed by atoms with E-state index in [-0.39, 0.29) is 0 Å². The predicted molar refractivity (Wildman–Crippen MR) is 416 cm³/mol. The molecule has 4 heterocycles. The lowest BCUT2D eigenvalue weighted by atomic mass is 9.89. The van der Waals surface area contributed by atoms with E-state index in [1.54, 1.807) is 0 Å². The molecule has 0 spiro atoms. The van der Waals surface area contributed by atoms with Crippen LogP contribution in [-0.4, -0.2) is 29.9 Å². The van der Waals surface area contributed by atoms with Crippen LogP contribution in [0, 0.1) is 0 Å². The minimum Gasteiger partial charge on any atom is -0.455 e. The van der Waals surface area contributed by atoms with Crippen molar-refractivity contribution >= 4 is 54.6 Å². The fourth-order valence-electron chi connectivity index (χ4n) is 14.4. The summed E-state index contributed by atoms with van der Waals surface area (Å²) in [4.78, 5) is 31.7. The van der Waals surface area contributed by atoms with Crippen LogP contribution >= 0.6 is 0 Å². The Labute approximate surface area is 587 Å². The predicted octanol–water partition coefficient (Wildman–Crippen LogP) is 24.7. The summed E-state index contributed by atoms with van der Waals surface area (Å²) in [5, 5.41) is 6.31. The number of para-hydroxylation sites is 3. The van der Waals surface area contributed by atoms with Crippen LogP contribution in [0.25, 0.3) is 201 Å². The molecule has 0 bridgehead atoms. The highest BCUT2D eigenvalue weighted by molar-refractivity contribution is 6.15. The number of aromatic nitrogens is 6. The van der Waals surface area contributed by atoms with Crippen molar-refractivity contribution < 1.29 is 8.83 Å². The summed E-state index contributed by atoms with van der Waals surface area (Å²) in [7, 11) is 0. The lowest BCUT2D eigenvalue weighted by Crippen LogP contribution is -2.00. The van der Waals surface area contributed by atoms with E-state index >= 15 is 0 Å². The zero-order valence-electron chi connectivity index (χ0n) is 55.0. The van der Waals surface area contributed by atoms with E-state index in [1.807, 2.05) is 84.9 Å². The molecule has 0 radical (unpaired) electrons. The molecule has 15 aromatic carbocycles.